The fourth-order valence-corrected chi connectivity index (χ4v) is 5.27. The molecule has 208 valence electrons. The van der Waals surface area contributed by atoms with E-state index in [1.807, 2.05) is 30.3 Å². The summed E-state index contributed by atoms with van der Waals surface area (Å²) >= 11 is 0. The molecule has 0 saturated carbocycles. The van der Waals surface area contributed by atoms with Gasteiger partial charge in [-0.1, -0.05) is 42.5 Å². The molecule has 4 aromatic rings. The molecule has 1 atom stereocenters. The van der Waals surface area contributed by atoms with Crippen molar-refractivity contribution < 1.29 is 18.0 Å². The summed E-state index contributed by atoms with van der Waals surface area (Å²) in [4.78, 5) is 24.6. The molecule has 2 amide bonds. The van der Waals surface area contributed by atoms with Gasteiger partial charge < -0.3 is 9.88 Å². The molecule has 0 bridgehead atoms. The van der Waals surface area contributed by atoms with Gasteiger partial charge in [-0.2, -0.15) is 18.3 Å². The molecule has 1 fully saturated rings. The lowest BCUT2D eigenvalue weighted by atomic mass is 9.94. The number of hydrogen-bond donors (Lipinski definition) is 2. The molecule has 1 unspecified atom stereocenters. The van der Waals surface area contributed by atoms with Gasteiger partial charge in [-0.25, -0.2) is 9.78 Å². The zero-order chi connectivity index (χ0) is 28.1. The maximum Gasteiger partial charge on any atom is 0.416 e. The number of anilines is 1. The van der Waals surface area contributed by atoms with Gasteiger partial charge in [-0.3, -0.25) is 10.2 Å². The van der Waals surface area contributed by atoms with Crippen LogP contribution in [-0.4, -0.2) is 55.1 Å². The maximum absolute atomic E-state index is 13.7. The smallest absolute Gasteiger partial charge is 0.347 e. The van der Waals surface area contributed by atoms with Gasteiger partial charge in [-0.15, -0.1) is 5.10 Å². The summed E-state index contributed by atoms with van der Waals surface area (Å²) in [7, 11) is 0. The quantitative estimate of drug-likeness (QED) is 0.304. The number of halogens is 3. The molecule has 40 heavy (non-hydrogen) atoms. The van der Waals surface area contributed by atoms with E-state index < -0.39 is 17.8 Å². The summed E-state index contributed by atoms with van der Waals surface area (Å²) in [6.07, 6.45) is 1.56. The maximum atomic E-state index is 13.7. The van der Waals surface area contributed by atoms with Crippen LogP contribution in [0, 0.1) is 6.92 Å². The van der Waals surface area contributed by atoms with Crippen molar-refractivity contribution in [2.24, 2.45) is 0 Å². The Hall–Kier alpha value is -4.25. The third-order valence-electron chi connectivity index (χ3n) is 7.27. The highest BCUT2D eigenvalue weighted by atomic mass is 19.4. The number of H-pyrrole nitrogens is 1. The first kappa shape index (κ1) is 27.3. The van der Waals surface area contributed by atoms with Gasteiger partial charge in [0.2, 0.25) is 0 Å². The van der Waals surface area contributed by atoms with Gasteiger partial charge in [0, 0.05) is 38.1 Å². The van der Waals surface area contributed by atoms with Gasteiger partial charge in [0.05, 0.1) is 23.6 Å². The lowest BCUT2D eigenvalue weighted by Crippen LogP contribution is -2.49. The third-order valence-corrected chi connectivity index (χ3v) is 7.27. The molecule has 11 heteroatoms. The van der Waals surface area contributed by atoms with Crippen molar-refractivity contribution in [3.8, 4) is 0 Å². The Kier molecular flexibility index (Phi) is 8.11. The predicted octanol–water partition coefficient (Wildman–Crippen LogP) is 5.82. The van der Waals surface area contributed by atoms with Gasteiger partial charge >= 0.3 is 12.2 Å². The normalized spacial score (nSPS) is 15.5. The molecule has 5 rings (SSSR count). The van der Waals surface area contributed by atoms with E-state index in [4.69, 9.17) is 0 Å². The van der Waals surface area contributed by atoms with Crippen molar-refractivity contribution in [2.75, 3.05) is 18.4 Å². The summed E-state index contributed by atoms with van der Waals surface area (Å²) in [5, 5.41) is 10.7. The molecule has 0 aliphatic carbocycles. The Morgan fingerprint density at radius 1 is 1.12 bits per heavy atom. The number of imidazole rings is 1. The second-order valence-corrected chi connectivity index (χ2v) is 9.90. The summed E-state index contributed by atoms with van der Waals surface area (Å²) in [6, 6.07) is 16.8. The van der Waals surface area contributed by atoms with Crippen LogP contribution in [0.15, 0.2) is 79.4 Å². The first-order chi connectivity index (χ1) is 19.3. The highest BCUT2D eigenvalue weighted by Gasteiger charge is 2.36. The number of benzene rings is 2. The highest BCUT2D eigenvalue weighted by Crippen LogP contribution is 2.37. The van der Waals surface area contributed by atoms with E-state index in [0.29, 0.717) is 43.9 Å². The molecular weight excluding hydrogens is 519 g/mol. The minimum absolute atomic E-state index is 0.0840. The molecule has 2 aromatic carbocycles. The lowest BCUT2D eigenvalue weighted by molar-refractivity contribution is -0.138. The number of piperidine rings is 1. The van der Waals surface area contributed by atoms with Crippen molar-refractivity contribution in [3.63, 3.8) is 0 Å². The SMILES string of the molecule is Cc1ccc(C(c2cnc[nH]2)N2CCC(N(Cc3ccccc3)C(=O)Nc3cccnn3)CC2)cc1C(F)(F)F. The average molecular weight is 550 g/mol. The van der Waals surface area contributed by atoms with Crippen molar-refractivity contribution in [2.45, 2.75) is 44.6 Å². The van der Waals surface area contributed by atoms with Crippen LogP contribution in [0.25, 0.3) is 0 Å². The average Bonchev–Trinajstić information content (AvgIpc) is 3.48. The molecule has 0 spiro atoms. The number of hydrogen-bond acceptors (Lipinski definition) is 5. The number of nitrogens with zero attached hydrogens (tertiary/aromatic N) is 5. The van der Waals surface area contributed by atoms with Crippen LogP contribution in [0.5, 0.6) is 0 Å². The number of aromatic nitrogens is 4. The zero-order valence-electron chi connectivity index (χ0n) is 22.0. The number of carbonyl (C=O) groups excluding carboxylic acids is 1. The van der Waals surface area contributed by atoms with Gasteiger partial charge in [0.15, 0.2) is 5.82 Å². The van der Waals surface area contributed by atoms with Crippen molar-refractivity contribution in [1.82, 2.24) is 30.0 Å². The predicted molar refractivity (Wildman–Crippen MR) is 144 cm³/mol. The van der Waals surface area contributed by atoms with E-state index in [9.17, 15) is 18.0 Å². The molecule has 1 aliphatic heterocycles. The van der Waals surface area contributed by atoms with Crippen LogP contribution in [0.1, 0.15) is 46.8 Å². The number of likely N-dealkylation sites (tertiary alicyclic amines) is 1. The van der Waals surface area contributed by atoms with Crippen LogP contribution < -0.4 is 5.32 Å². The van der Waals surface area contributed by atoms with Crippen LogP contribution in [0.2, 0.25) is 0 Å². The van der Waals surface area contributed by atoms with Crippen LogP contribution in [0.3, 0.4) is 0 Å². The van der Waals surface area contributed by atoms with Crippen molar-refractivity contribution in [1.29, 1.82) is 0 Å². The topological polar surface area (TPSA) is 90.0 Å². The number of nitrogens with one attached hydrogen (secondary N) is 2. The fraction of sp³-hybridized carbons (Fsp3) is 0.310. The van der Waals surface area contributed by atoms with Crippen LogP contribution in [0.4, 0.5) is 23.8 Å². The first-order valence-corrected chi connectivity index (χ1v) is 13.1. The van der Waals surface area contributed by atoms with Crippen molar-refractivity contribution >= 4 is 11.8 Å². The van der Waals surface area contributed by atoms with E-state index in [0.717, 1.165) is 11.3 Å². The minimum Gasteiger partial charge on any atom is -0.347 e. The van der Waals surface area contributed by atoms with Gasteiger partial charge in [0.1, 0.15) is 0 Å². The van der Waals surface area contributed by atoms with Gasteiger partial charge in [0.25, 0.3) is 0 Å². The molecule has 3 heterocycles. The van der Waals surface area contributed by atoms with Crippen LogP contribution in [-0.2, 0) is 12.7 Å². The molecule has 8 nitrogen and oxygen atoms in total. The number of urea groups is 1. The Morgan fingerprint density at radius 3 is 2.55 bits per heavy atom. The number of aromatic amines is 1. The lowest BCUT2D eigenvalue weighted by Gasteiger charge is -2.41. The Morgan fingerprint density at radius 2 is 1.90 bits per heavy atom. The summed E-state index contributed by atoms with van der Waals surface area (Å²) in [5.74, 6) is 0.363. The summed E-state index contributed by atoms with van der Waals surface area (Å²) in [5.41, 5.74) is 1.80. The standard InChI is InChI=1S/C29H30F3N7O/c1-20-9-10-22(16-24(20)29(30,31)32)27(25-17-33-19-34-25)38-14-11-23(12-15-38)39(18-21-6-3-2-4-7-21)28(40)36-26-8-5-13-35-37-26/h2-10,13,16-17,19,23,27H,11-12,14-15,18H2,1H3,(H,33,34)(H,36,37,40). The van der Waals surface area contributed by atoms with E-state index >= 15 is 0 Å². The van der Waals surface area contributed by atoms with E-state index in [1.54, 1.807) is 29.3 Å². The monoisotopic (exact) mass is 549 g/mol. The highest BCUT2D eigenvalue weighted by molar-refractivity contribution is 5.88. The third kappa shape index (κ3) is 6.31. The molecule has 2 N–H and O–H groups in total. The minimum atomic E-state index is -4.44. The number of amides is 2. The molecule has 1 aliphatic rings. The van der Waals surface area contributed by atoms with Crippen LogP contribution >= 0.6 is 0 Å². The Bertz CT molecular complexity index is 1390. The molecule has 0 radical (unpaired) electrons. The molecule has 1 saturated heterocycles. The zero-order valence-corrected chi connectivity index (χ0v) is 22.0. The Labute approximate surface area is 230 Å². The van der Waals surface area contributed by atoms with Gasteiger partial charge in [-0.05, 0) is 54.7 Å². The largest absolute Gasteiger partial charge is 0.416 e. The number of alkyl halides is 3. The van der Waals surface area contributed by atoms with E-state index in [-0.39, 0.29) is 17.6 Å². The number of aryl methyl sites for hydroxylation is 1. The molecule has 2 aromatic heterocycles. The number of rotatable bonds is 7. The fourth-order valence-electron chi connectivity index (χ4n) is 5.27. The summed E-state index contributed by atoms with van der Waals surface area (Å²) in [6.45, 7) is 3.03. The van der Waals surface area contributed by atoms with E-state index in [2.05, 4.69) is 30.4 Å². The second-order valence-electron chi connectivity index (χ2n) is 9.90. The number of carbonyl (C=O) groups is 1. The molecular formula is C29H30F3N7O. The van der Waals surface area contributed by atoms with Crippen molar-refractivity contribution in [3.05, 3.63) is 107 Å². The second kappa shape index (κ2) is 11.9. The Balaban J connectivity index is 1.37. The summed E-state index contributed by atoms with van der Waals surface area (Å²) < 4.78 is 41.2. The van der Waals surface area contributed by atoms with E-state index in [1.165, 1.54) is 31.6 Å². The first-order valence-electron chi connectivity index (χ1n) is 13.1.